The second-order valence-electron chi connectivity index (χ2n) is 6.11. The van der Waals surface area contributed by atoms with E-state index in [-0.39, 0.29) is 17.4 Å². The number of pyridine rings is 1. The molecular formula is C16H25N3O. The van der Waals surface area contributed by atoms with Crippen molar-refractivity contribution in [3.63, 3.8) is 0 Å². The molecule has 1 aliphatic heterocycles. The van der Waals surface area contributed by atoms with E-state index in [2.05, 4.69) is 31.1 Å². The molecule has 0 aromatic carbocycles. The normalized spacial score (nSPS) is 23.9. The lowest BCUT2D eigenvalue weighted by atomic mass is 9.75. The van der Waals surface area contributed by atoms with Gasteiger partial charge in [-0.05, 0) is 43.5 Å². The van der Waals surface area contributed by atoms with Crippen LogP contribution in [0.4, 0.5) is 0 Å². The van der Waals surface area contributed by atoms with E-state index in [4.69, 9.17) is 0 Å². The van der Waals surface area contributed by atoms with E-state index in [1.54, 1.807) is 12.4 Å². The van der Waals surface area contributed by atoms with Crippen LogP contribution in [0.5, 0.6) is 0 Å². The molecule has 1 amide bonds. The Bertz CT molecular complexity index is 452. The third-order valence-corrected chi connectivity index (χ3v) is 4.81. The number of amides is 1. The Kier molecular flexibility index (Phi) is 4.43. The molecule has 1 N–H and O–H groups in total. The fourth-order valence-corrected chi connectivity index (χ4v) is 3.03. The molecule has 1 saturated heterocycles. The highest BCUT2D eigenvalue weighted by atomic mass is 16.2. The van der Waals surface area contributed by atoms with E-state index in [1.165, 1.54) is 0 Å². The molecule has 0 radical (unpaired) electrons. The minimum atomic E-state index is -0.254. The Balaban J connectivity index is 2.19. The highest BCUT2D eigenvalue weighted by Gasteiger charge is 2.46. The van der Waals surface area contributed by atoms with Crippen LogP contribution in [0, 0.1) is 11.3 Å². The summed E-state index contributed by atoms with van der Waals surface area (Å²) < 4.78 is 0. The summed E-state index contributed by atoms with van der Waals surface area (Å²) in [5.41, 5.74) is 0.872. The summed E-state index contributed by atoms with van der Waals surface area (Å²) in [6, 6.07) is 4.02. The minimum absolute atomic E-state index is 0.0710. The lowest BCUT2D eigenvalue weighted by Crippen LogP contribution is -2.47. The number of carbonyl (C=O) groups is 1. The molecule has 1 fully saturated rings. The molecule has 1 aliphatic rings. The van der Waals surface area contributed by atoms with Gasteiger partial charge in [-0.2, -0.15) is 0 Å². The summed E-state index contributed by atoms with van der Waals surface area (Å²) in [7, 11) is 1.91. The van der Waals surface area contributed by atoms with Gasteiger partial charge in [-0.25, -0.2) is 0 Å². The van der Waals surface area contributed by atoms with E-state index in [9.17, 15) is 4.79 Å². The number of nitrogens with zero attached hydrogens (tertiary/aromatic N) is 2. The molecule has 2 heterocycles. The van der Waals surface area contributed by atoms with E-state index in [1.807, 2.05) is 24.1 Å². The van der Waals surface area contributed by atoms with Gasteiger partial charge in [0.05, 0.1) is 11.5 Å². The maximum atomic E-state index is 13.0. The Morgan fingerprint density at radius 1 is 1.35 bits per heavy atom. The first kappa shape index (κ1) is 15.0. The number of rotatable bonds is 4. The molecule has 20 heavy (non-hydrogen) atoms. The zero-order chi connectivity index (χ0) is 14.8. The molecule has 0 aliphatic carbocycles. The van der Waals surface area contributed by atoms with Crippen LogP contribution in [0.25, 0.3) is 0 Å². The average molecular weight is 275 g/mol. The van der Waals surface area contributed by atoms with Crippen molar-refractivity contribution in [3.8, 4) is 0 Å². The van der Waals surface area contributed by atoms with E-state index < -0.39 is 0 Å². The Morgan fingerprint density at radius 2 is 2.00 bits per heavy atom. The Labute approximate surface area is 121 Å². The molecule has 0 spiro atoms. The SMILES string of the molecule is CC(c1ccncc1)N(C)C(=O)C1(C(C)C)CCNC1. The van der Waals surface area contributed by atoms with Crippen LogP contribution in [0.3, 0.4) is 0 Å². The van der Waals surface area contributed by atoms with Crippen molar-refractivity contribution in [2.75, 3.05) is 20.1 Å². The van der Waals surface area contributed by atoms with E-state index in [0.29, 0.717) is 5.92 Å². The largest absolute Gasteiger partial charge is 0.338 e. The summed E-state index contributed by atoms with van der Waals surface area (Å²) in [4.78, 5) is 18.9. The molecular weight excluding hydrogens is 250 g/mol. The molecule has 0 saturated carbocycles. The third-order valence-electron chi connectivity index (χ3n) is 4.81. The van der Waals surface area contributed by atoms with Gasteiger partial charge in [-0.1, -0.05) is 13.8 Å². The first-order chi connectivity index (χ1) is 9.49. The van der Waals surface area contributed by atoms with Gasteiger partial charge in [0.15, 0.2) is 0 Å². The average Bonchev–Trinajstić information content (AvgIpc) is 2.96. The zero-order valence-electron chi connectivity index (χ0n) is 12.9. The van der Waals surface area contributed by atoms with Crippen molar-refractivity contribution in [3.05, 3.63) is 30.1 Å². The quantitative estimate of drug-likeness (QED) is 0.916. The fourth-order valence-electron chi connectivity index (χ4n) is 3.03. The molecule has 4 nitrogen and oxygen atoms in total. The van der Waals surface area contributed by atoms with Crippen molar-refractivity contribution in [1.82, 2.24) is 15.2 Å². The predicted octanol–water partition coefficient (Wildman–Crippen LogP) is 2.24. The van der Waals surface area contributed by atoms with Gasteiger partial charge in [-0.3, -0.25) is 9.78 Å². The molecule has 1 aromatic heterocycles. The van der Waals surface area contributed by atoms with E-state index >= 15 is 0 Å². The molecule has 4 heteroatoms. The Morgan fingerprint density at radius 3 is 2.50 bits per heavy atom. The van der Waals surface area contributed by atoms with E-state index in [0.717, 1.165) is 25.1 Å². The van der Waals surface area contributed by atoms with Gasteiger partial charge >= 0.3 is 0 Å². The minimum Gasteiger partial charge on any atom is -0.338 e. The summed E-state index contributed by atoms with van der Waals surface area (Å²) in [5.74, 6) is 0.596. The van der Waals surface area contributed by atoms with Crippen molar-refractivity contribution in [2.45, 2.75) is 33.2 Å². The zero-order valence-corrected chi connectivity index (χ0v) is 12.9. The first-order valence-corrected chi connectivity index (χ1v) is 7.37. The highest BCUT2D eigenvalue weighted by molar-refractivity contribution is 5.84. The van der Waals surface area contributed by atoms with Crippen molar-refractivity contribution in [2.24, 2.45) is 11.3 Å². The van der Waals surface area contributed by atoms with Gasteiger partial charge in [0.2, 0.25) is 5.91 Å². The van der Waals surface area contributed by atoms with Gasteiger partial charge < -0.3 is 10.2 Å². The lowest BCUT2D eigenvalue weighted by Gasteiger charge is -2.37. The van der Waals surface area contributed by atoms with Crippen LogP contribution in [-0.4, -0.2) is 35.9 Å². The molecule has 2 rings (SSSR count). The lowest BCUT2D eigenvalue weighted by molar-refractivity contribution is -0.144. The highest BCUT2D eigenvalue weighted by Crippen LogP contribution is 2.37. The van der Waals surface area contributed by atoms with Crippen molar-refractivity contribution in [1.29, 1.82) is 0 Å². The third kappa shape index (κ3) is 2.57. The second-order valence-corrected chi connectivity index (χ2v) is 6.11. The van der Waals surface area contributed by atoms with Gasteiger partial charge in [0.1, 0.15) is 0 Å². The number of aromatic nitrogens is 1. The summed E-state index contributed by atoms with van der Waals surface area (Å²) in [5, 5.41) is 3.35. The predicted molar refractivity (Wildman–Crippen MR) is 80.2 cm³/mol. The standard InChI is InChI=1S/C16H25N3O/c1-12(2)16(7-10-18-11-16)15(20)19(4)13(3)14-5-8-17-9-6-14/h5-6,8-9,12-13,18H,7,10-11H2,1-4H3. The van der Waals surface area contributed by atoms with Crippen molar-refractivity contribution < 1.29 is 4.79 Å². The van der Waals surface area contributed by atoms with Crippen LogP contribution in [-0.2, 0) is 4.79 Å². The molecule has 1 aromatic rings. The van der Waals surface area contributed by atoms with Gasteiger partial charge in [0.25, 0.3) is 0 Å². The van der Waals surface area contributed by atoms with Crippen LogP contribution in [0.15, 0.2) is 24.5 Å². The topological polar surface area (TPSA) is 45.2 Å². The number of nitrogens with one attached hydrogen (secondary N) is 1. The summed E-state index contributed by atoms with van der Waals surface area (Å²) in [6.45, 7) is 8.09. The molecule has 2 unspecified atom stereocenters. The van der Waals surface area contributed by atoms with Crippen LogP contribution in [0.2, 0.25) is 0 Å². The fraction of sp³-hybridized carbons (Fsp3) is 0.625. The van der Waals surface area contributed by atoms with Gasteiger partial charge in [-0.15, -0.1) is 0 Å². The number of hydrogen-bond donors (Lipinski definition) is 1. The summed E-state index contributed by atoms with van der Waals surface area (Å²) >= 11 is 0. The first-order valence-electron chi connectivity index (χ1n) is 7.37. The smallest absolute Gasteiger partial charge is 0.230 e. The maximum absolute atomic E-state index is 13.0. The monoisotopic (exact) mass is 275 g/mol. The summed E-state index contributed by atoms with van der Waals surface area (Å²) in [6.07, 6.45) is 4.48. The van der Waals surface area contributed by atoms with Crippen LogP contribution >= 0.6 is 0 Å². The second kappa shape index (κ2) is 5.92. The number of hydrogen-bond acceptors (Lipinski definition) is 3. The molecule has 2 atom stereocenters. The van der Waals surface area contributed by atoms with Crippen LogP contribution < -0.4 is 5.32 Å². The van der Waals surface area contributed by atoms with Gasteiger partial charge in [0, 0.05) is 26.0 Å². The molecule has 110 valence electrons. The van der Waals surface area contributed by atoms with Crippen LogP contribution in [0.1, 0.15) is 38.8 Å². The Hall–Kier alpha value is -1.42. The number of carbonyl (C=O) groups excluding carboxylic acids is 1. The maximum Gasteiger partial charge on any atom is 0.230 e. The molecule has 0 bridgehead atoms. The van der Waals surface area contributed by atoms with Crippen molar-refractivity contribution >= 4 is 5.91 Å².